The monoisotopic (exact) mass is 385 g/mol. The van der Waals surface area contributed by atoms with Gasteiger partial charge in [-0.1, -0.05) is 0 Å². The molecule has 0 saturated heterocycles. The number of aliphatic imine (C=N–C) groups is 1. The summed E-state index contributed by atoms with van der Waals surface area (Å²) in [5, 5.41) is 11.7. The molecule has 0 atom stereocenters. The SMILES string of the molecule is Nc1nc2c(c(=O)[nH]1)N=C(CO)CN2.O=P([O-])([O-])[O-].O=P([O-])([O-])[O-]. The van der Waals surface area contributed by atoms with E-state index < -0.39 is 21.2 Å². The van der Waals surface area contributed by atoms with Crippen molar-refractivity contribution in [2.24, 2.45) is 4.99 Å². The molecule has 1 aromatic rings. The van der Waals surface area contributed by atoms with Gasteiger partial charge < -0.3 is 54.6 Å². The van der Waals surface area contributed by atoms with Crippen molar-refractivity contribution in [1.29, 1.82) is 0 Å². The van der Waals surface area contributed by atoms with Crippen molar-refractivity contribution in [3.63, 3.8) is 0 Å². The number of nitrogens with one attached hydrogen (secondary N) is 2. The first-order valence-corrected chi connectivity index (χ1v) is 8.40. The third kappa shape index (κ3) is 11.8. The Morgan fingerprint density at radius 1 is 1.12 bits per heavy atom. The molecule has 1 aliphatic rings. The number of hydrogen-bond acceptors (Lipinski definition) is 14. The van der Waals surface area contributed by atoms with Crippen LogP contribution in [0.3, 0.4) is 0 Å². The van der Waals surface area contributed by atoms with Gasteiger partial charge in [-0.25, -0.2) is 4.99 Å². The molecule has 0 aromatic carbocycles. The zero-order chi connectivity index (χ0) is 19.1. The number of aromatic amines is 1. The Labute approximate surface area is 133 Å². The van der Waals surface area contributed by atoms with Gasteiger partial charge in [-0.05, 0) is 0 Å². The molecule has 15 nitrogen and oxygen atoms in total. The van der Waals surface area contributed by atoms with Gasteiger partial charge in [0.2, 0.25) is 5.95 Å². The van der Waals surface area contributed by atoms with Crippen molar-refractivity contribution >= 4 is 38.8 Å². The van der Waals surface area contributed by atoms with E-state index in [1.807, 2.05) is 0 Å². The lowest BCUT2D eigenvalue weighted by Gasteiger charge is -2.36. The zero-order valence-electron chi connectivity index (χ0n) is 11.4. The van der Waals surface area contributed by atoms with Gasteiger partial charge >= 0.3 is 0 Å². The maximum absolute atomic E-state index is 11.3. The number of phosphoric acid groups is 2. The van der Waals surface area contributed by atoms with E-state index in [1.54, 1.807) is 0 Å². The molecule has 2 rings (SSSR count). The number of aliphatic hydroxyl groups is 1. The Morgan fingerprint density at radius 3 is 2.00 bits per heavy atom. The molecule has 0 spiro atoms. The molecule has 17 heteroatoms. The smallest absolute Gasteiger partial charge is 0.280 e. The molecular formula is C7H9N5O10P2-6. The Kier molecular flexibility index (Phi) is 8.36. The number of hydrogen-bond donors (Lipinski definition) is 4. The number of aromatic nitrogens is 2. The van der Waals surface area contributed by atoms with E-state index in [2.05, 4.69) is 20.3 Å². The molecule has 0 bridgehead atoms. The summed E-state index contributed by atoms with van der Waals surface area (Å²) in [4.78, 5) is 72.8. The molecular weight excluding hydrogens is 376 g/mol. The summed E-state index contributed by atoms with van der Waals surface area (Å²) in [6.07, 6.45) is 0. The van der Waals surface area contributed by atoms with Crippen LogP contribution in [-0.4, -0.2) is 33.9 Å². The number of rotatable bonds is 1. The van der Waals surface area contributed by atoms with Crippen molar-refractivity contribution < 1.29 is 43.6 Å². The fourth-order valence-corrected chi connectivity index (χ4v) is 1.19. The highest BCUT2D eigenvalue weighted by Gasteiger charge is 2.15. The summed E-state index contributed by atoms with van der Waals surface area (Å²) in [6.45, 7) is 0.190. The van der Waals surface area contributed by atoms with Gasteiger partial charge in [0.1, 0.15) is 0 Å². The number of nitrogen functional groups attached to an aromatic ring is 1. The largest absolute Gasteiger partial charge is 0.822 e. The van der Waals surface area contributed by atoms with Crippen LogP contribution in [0.5, 0.6) is 0 Å². The van der Waals surface area contributed by atoms with Crippen LogP contribution in [0.1, 0.15) is 0 Å². The highest BCUT2D eigenvalue weighted by atomic mass is 31.2. The van der Waals surface area contributed by atoms with Crippen LogP contribution in [0.2, 0.25) is 0 Å². The van der Waals surface area contributed by atoms with Crippen LogP contribution >= 0.6 is 15.6 Å². The molecule has 0 amide bonds. The van der Waals surface area contributed by atoms with Crippen molar-refractivity contribution in [2.75, 3.05) is 24.2 Å². The van der Waals surface area contributed by atoms with Crippen molar-refractivity contribution in [3.8, 4) is 0 Å². The molecule has 2 heterocycles. The Hall–Kier alpha value is -1.67. The predicted molar refractivity (Wildman–Crippen MR) is 67.2 cm³/mol. The lowest BCUT2D eigenvalue weighted by molar-refractivity contribution is -0.434. The van der Waals surface area contributed by atoms with E-state index in [0.717, 1.165) is 0 Å². The van der Waals surface area contributed by atoms with E-state index in [0.29, 0.717) is 18.1 Å². The van der Waals surface area contributed by atoms with Gasteiger partial charge in [-0.3, -0.25) is 9.78 Å². The molecule has 5 N–H and O–H groups in total. The van der Waals surface area contributed by atoms with E-state index in [-0.39, 0.29) is 18.2 Å². The van der Waals surface area contributed by atoms with Crippen molar-refractivity contribution in [2.45, 2.75) is 0 Å². The first-order valence-electron chi connectivity index (χ1n) is 5.47. The average Bonchev–Trinajstić information content (AvgIpc) is 2.34. The molecule has 138 valence electrons. The van der Waals surface area contributed by atoms with Gasteiger partial charge in [0.05, 0.1) is 18.9 Å². The Morgan fingerprint density at radius 2 is 1.58 bits per heavy atom. The maximum atomic E-state index is 11.3. The fourth-order valence-electron chi connectivity index (χ4n) is 1.19. The van der Waals surface area contributed by atoms with Crippen LogP contribution in [0.25, 0.3) is 0 Å². The lowest BCUT2D eigenvalue weighted by atomic mass is 10.3. The third-order valence-electron chi connectivity index (χ3n) is 1.83. The number of aliphatic hydroxyl groups excluding tert-OH is 1. The highest BCUT2D eigenvalue weighted by Crippen LogP contribution is 2.20. The lowest BCUT2D eigenvalue weighted by Crippen LogP contribution is -2.25. The first-order chi connectivity index (χ1) is 10.7. The normalized spacial score (nSPS) is 13.2. The average molecular weight is 385 g/mol. The van der Waals surface area contributed by atoms with Crippen LogP contribution < -0.4 is 46.0 Å². The second-order valence-electron chi connectivity index (χ2n) is 3.73. The van der Waals surface area contributed by atoms with E-state index >= 15 is 0 Å². The summed E-state index contributed by atoms with van der Waals surface area (Å²) in [6, 6.07) is 0. The van der Waals surface area contributed by atoms with Crippen molar-refractivity contribution in [3.05, 3.63) is 10.4 Å². The summed E-state index contributed by atoms with van der Waals surface area (Å²) in [5.74, 6) is 0.396. The second-order valence-corrected chi connectivity index (χ2v) is 5.52. The minimum atomic E-state index is -5.39. The number of fused-ring (bicyclic) bond motifs is 1. The van der Waals surface area contributed by atoms with Crippen LogP contribution in [0.15, 0.2) is 9.79 Å². The van der Waals surface area contributed by atoms with Gasteiger partial charge in [0, 0.05) is 0 Å². The zero-order valence-corrected chi connectivity index (χ0v) is 13.2. The standard InChI is InChI=1S/C7H9N5O2.2H3O4P/c8-7-11-5-4(6(14)12-7)10-3(2-13)1-9-5;2*1-5(2,3)4/h13H,1-2H2,(H4,8,9,11,12,14);2*(H3,1,2,3,4)/p-6. The van der Waals surface area contributed by atoms with Gasteiger partial charge in [-0.2, -0.15) is 20.6 Å². The number of nitrogens with two attached hydrogens (primary N) is 1. The Balaban J connectivity index is 0.000000442. The van der Waals surface area contributed by atoms with Gasteiger partial charge in [0.25, 0.3) is 5.56 Å². The minimum Gasteiger partial charge on any atom is -0.822 e. The minimum absolute atomic E-state index is 0.0453. The van der Waals surface area contributed by atoms with Crippen molar-refractivity contribution in [1.82, 2.24) is 9.97 Å². The van der Waals surface area contributed by atoms with Gasteiger partial charge in [-0.15, -0.1) is 0 Å². The third-order valence-corrected chi connectivity index (χ3v) is 1.83. The van der Waals surface area contributed by atoms with Gasteiger partial charge in [0.15, 0.2) is 11.5 Å². The molecule has 0 aliphatic carbocycles. The summed E-state index contributed by atoms with van der Waals surface area (Å²) in [7, 11) is -10.8. The van der Waals surface area contributed by atoms with Crippen LogP contribution in [0.4, 0.5) is 17.5 Å². The molecule has 24 heavy (non-hydrogen) atoms. The molecule has 0 saturated carbocycles. The van der Waals surface area contributed by atoms with E-state index in [9.17, 15) is 4.79 Å². The number of nitrogens with zero attached hydrogens (tertiary/aromatic N) is 2. The van der Waals surface area contributed by atoms with E-state index in [4.69, 9.17) is 49.3 Å². The fraction of sp³-hybridized carbons (Fsp3) is 0.286. The Bertz CT molecular complexity index is 699. The molecule has 0 radical (unpaired) electrons. The topological polar surface area (TPSA) is 289 Å². The van der Waals surface area contributed by atoms with E-state index in [1.165, 1.54) is 0 Å². The van der Waals surface area contributed by atoms with Crippen LogP contribution in [0, 0.1) is 0 Å². The first kappa shape index (κ1) is 22.3. The van der Waals surface area contributed by atoms with Crippen LogP contribution in [-0.2, 0) is 9.13 Å². The maximum Gasteiger partial charge on any atom is 0.280 e. The summed E-state index contributed by atoms with van der Waals surface area (Å²) >= 11 is 0. The highest BCUT2D eigenvalue weighted by molar-refractivity contribution is 7.40. The summed E-state index contributed by atoms with van der Waals surface area (Å²) in [5.41, 5.74) is 5.59. The number of H-pyrrole nitrogens is 1. The molecule has 1 aromatic heterocycles. The predicted octanol–water partition coefficient (Wildman–Crippen LogP) is -6.81. The molecule has 0 unspecified atom stereocenters. The quantitative estimate of drug-likeness (QED) is 0.327. The second kappa shape index (κ2) is 8.98. The molecule has 1 aliphatic heterocycles. The summed E-state index contributed by atoms with van der Waals surface area (Å²) < 4.78 is 17.1. The number of anilines is 2. The molecule has 0 fully saturated rings.